The summed E-state index contributed by atoms with van der Waals surface area (Å²) in [6.07, 6.45) is 0.723. The topological polar surface area (TPSA) is 38.5 Å². The molecule has 0 amide bonds. The van der Waals surface area contributed by atoms with E-state index in [2.05, 4.69) is 13.1 Å². The number of hydrogen-bond acceptors (Lipinski definition) is 3. The second-order valence-corrected chi connectivity index (χ2v) is 7.95. The van der Waals surface area contributed by atoms with Gasteiger partial charge in [0.2, 0.25) is 0 Å². The summed E-state index contributed by atoms with van der Waals surface area (Å²) in [5.74, 6) is 0. The van der Waals surface area contributed by atoms with Crippen molar-refractivity contribution in [3.8, 4) is 0 Å². The van der Waals surface area contributed by atoms with Crippen LogP contribution in [0.2, 0.25) is 13.1 Å². The fraction of sp³-hybridized carbons (Fsp3) is 1.00. The molecule has 0 saturated heterocycles. The predicted molar refractivity (Wildman–Crippen MR) is 57.8 cm³/mol. The molecule has 2 N–H and O–H groups in total. The van der Waals surface area contributed by atoms with E-state index >= 15 is 0 Å². The molecule has 4 heteroatoms. The summed E-state index contributed by atoms with van der Waals surface area (Å²) in [4.78, 5) is 2.00. The molecule has 0 unspecified atom stereocenters. The fourth-order valence-corrected chi connectivity index (χ4v) is 1.35. The Morgan fingerprint density at radius 3 is 1.67 bits per heavy atom. The van der Waals surface area contributed by atoms with Crippen molar-refractivity contribution >= 4 is 8.32 Å². The van der Waals surface area contributed by atoms with E-state index in [0.717, 1.165) is 12.8 Å². The van der Waals surface area contributed by atoms with Gasteiger partial charge in [-0.3, -0.25) is 0 Å². The summed E-state index contributed by atoms with van der Waals surface area (Å²) in [5.41, 5.74) is 5.43. The summed E-state index contributed by atoms with van der Waals surface area (Å²) >= 11 is 0. The summed E-state index contributed by atoms with van der Waals surface area (Å²) in [6, 6.07) is 0. The first kappa shape index (κ1) is 14.6. The van der Waals surface area contributed by atoms with E-state index in [1.807, 2.05) is 33.0 Å². The average molecular weight is 192 g/mol. The van der Waals surface area contributed by atoms with Crippen molar-refractivity contribution in [3.05, 3.63) is 0 Å². The van der Waals surface area contributed by atoms with Gasteiger partial charge in [-0.1, -0.05) is 0 Å². The standard InChI is InChI=1S/C5H15NOSi.C3H9N/c1-4-7-8(2,3)5-6;1-4(2)3/h4-6H2,1-3H3;1-3H3. The minimum atomic E-state index is -1.40. The highest BCUT2D eigenvalue weighted by Gasteiger charge is 2.17. The van der Waals surface area contributed by atoms with Gasteiger partial charge in [-0.25, -0.2) is 0 Å². The van der Waals surface area contributed by atoms with Gasteiger partial charge in [0.05, 0.1) is 0 Å². The Hall–Kier alpha value is 0.0969. The Labute approximate surface area is 78.0 Å². The molecule has 0 heterocycles. The van der Waals surface area contributed by atoms with Gasteiger partial charge in [-0.15, -0.1) is 0 Å². The van der Waals surface area contributed by atoms with Crippen LogP contribution in [0.5, 0.6) is 0 Å². The van der Waals surface area contributed by atoms with Crippen LogP contribution in [-0.2, 0) is 4.43 Å². The highest BCUT2D eigenvalue weighted by Crippen LogP contribution is 1.99. The minimum absolute atomic E-state index is 0.723. The van der Waals surface area contributed by atoms with Crippen LogP contribution in [0.3, 0.4) is 0 Å². The maximum atomic E-state index is 5.43. The molecule has 0 radical (unpaired) electrons. The molecule has 0 aliphatic rings. The first-order valence-electron chi connectivity index (χ1n) is 4.30. The van der Waals surface area contributed by atoms with Crippen LogP contribution in [0.1, 0.15) is 6.92 Å². The van der Waals surface area contributed by atoms with E-state index in [9.17, 15) is 0 Å². The van der Waals surface area contributed by atoms with Crippen molar-refractivity contribution in [2.75, 3.05) is 33.9 Å². The van der Waals surface area contributed by atoms with E-state index in [-0.39, 0.29) is 0 Å². The van der Waals surface area contributed by atoms with Crippen LogP contribution in [0.15, 0.2) is 0 Å². The monoisotopic (exact) mass is 192 g/mol. The van der Waals surface area contributed by atoms with Crippen molar-refractivity contribution in [1.29, 1.82) is 0 Å². The number of hydrogen-bond donors (Lipinski definition) is 1. The van der Waals surface area contributed by atoms with E-state index in [0.29, 0.717) is 0 Å². The van der Waals surface area contributed by atoms with Crippen LogP contribution >= 0.6 is 0 Å². The molecule has 0 aromatic heterocycles. The third kappa shape index (κ3) is 16.6. The summed E-state index contributed by atoms with van der Waals surface area (Å²) in [6.45, 7) is 7.05. The van der Waals surface area contributed by atoms with E-state index < -0.39 is 8.32 Å². The maximum Gasteiger partial charge on any atom is 0.199 e. The van der Waals surface area contributed by atoms with Gasteiger partial charge in [-0.05, 0) is 41.2 Å². The van der Waals surface area contributed by atoms with Crippen LogP contribution in [0.4, 0.5) is 0 Å². The summed E-state index contributed by atoms with van der Waals surface area (Å²) in [7, 11) is 4.60. The van der Waals surface area contributed by atoms with E-state index in [1.165, 1.54) is 0 Å². The average Bonchev–Trinajstić information content (AvgIpc) is 1.86. The van der Waals surface area contributed by atoms with Gasteiger partial charge in [0, 0.05) is 12.8 Å². The maximum absolute atomic E-state index is 5.43. The third-order valence-corrected chi connectivity index (χ3v) is 3.08. The molecule has 76 valence electrons. The van der Waals surface area contributed by atoms with Gasteiger partial charge >= 0.3 is 0 Å². The second kappa shape index (κ2) is 7.73. The van der Waals surface area contributed by atoms with Crippen molar-refractivity contribution in [3.63, 3.8) is 0 Å². The lowest BCUT2D eigenvalue weighted by Crippen LogP contribution is -2.39. The van der Waals surface area contributed by atoms with Crippen molar-refractivity contribution in [2.24, 2.45) is 5.73 Å². The Balaban J connectivity index is 0. The summed E-state index contributed by atoms with van der Waals surface area (Å²) < 4.78 is 5.39. The second-order valence-electron chi connectivity index (χ2n) is 3.74. The van der Waals surface area contributed by atoms with Gasteiger partial charge in [-0.2, -0.15) is 0 Å². The fourth-order valence-electron chi connectivity index (χ4n) is 0.450. The Kier molecular flexibility index (Phi) is 9.41. The van der Waals surface area contributed by atoms with Crippen LogP contribution in [-0.4, -0.2) is 47.1 Å². The summed E-state index contributed by atoms with van der Waals surface area (Å²) in [5, 5.41) is 0. The quantitative estimate of drug-likeness (QED) is 0.675. The van der Waals surface area contributed by atoms with Gasteiger partial charge in [0.1, 0.15) is 0 Å². The highest BCUT2D eigenvalue weighted by molar-refractivity contribution is 6.71. The highest BCUT2D eigenvalue weighted by atomic mass is 28.4. The molecule has 0 spiro atoms. The van der Waals surface area contributed by atoms with Crippen molar-refractivity contribution in [2.45, 2.75) is 20.0 Å². The molecule has 12 heavy (non-hydrogen) atoms. The minimum Gasteiger partial charge on any atom is -0.416 e. The van der Waals surface area contributed by atoms with E-state index in [4.69, 9.17) is 10.2 Å². The third-order valence-electron chi connectivity index (χ3n) is 1.03. The molecule has 0 rings (SSSR count). The Morgan fingerprint density at radius 2 is 1.58 bits per heavy atom. The lowest BCUT2D eigenvalue weighted by molar-refractivity contribution is 0.330. The molecular formula is C8H24N2OSi. The lowest BCUT2D eigenvalue weighted by Gasteiger charge is -2.18. The smallest absolute Gasteiger partial charge is 0.199 e. The van der Waals surface area contributed by atoms with Crippen LogP contribution in [0.25, 0.3) is 0 Å². The number of rotatable bonds is 3. The molecule has 3 nitrogen and oxygen atoms in total. The molecule has 0 aliphatic carbocycles. The van der Waals surface area contributed by atoms with Gasteiger partial charge in [0.25, 0.3) is 0 Å². The van der Waals surface area contributed by atoms with Crippen LogP contribution < -0.4 is 5.73 Å². The lowest BCUT2D eigenvalue weighted by atomic mass is 10.9. The molecular weight excluding hydrogens is 168 g/mol. The molecule has 0 fully saturated rings. The zero-order chi connectivity index (χ0) is 10.2. The first-order chi connectivity index (χ1) is 5.35. The SMILES string of the molecule is CCO[Si](C)(C)CN.CN(C)C. The zero-order valence-electron chi connectivity index (χ0n) is 9.35. The molecule has 0 aromatic carbocycles. The van der Waals surface area contributed by atoms with Crippen molar-refractivity contribution in [1.82, 2.24) is 4.90 Å². The normalized spacial score (nSPS) is 11.0. The number of nitrogens with zero attached hydrogens (tertiary/aromatic N) is 1. The van der Waals surface area contributed by atoms with Gasteiger partial charge < -0.3 is 15.1 Å². The largest absolute Gasteiger partial charge is 0.416 e. The number of nitrogens with two attached hydrogens (primary N) is 1. The van der Waals surface area contributed by atoms with Gasteiger partial charge in [0.15, 0.2) is 8.32 Å². The molecule has 0 saturated carbocycles. The Bertz CT molecular complexity index is 94.3. The van der Waals surface area contributed by atoms with Crippen LogP contribution in [0, 0.1) is 0 Å². The Morgan fingerprint density at radius 1 is 1.25 bits per heavy atom. The first-order valence-corrected chi connectivity index (χ1v) is 7.42. The molecule has 0 aromatic rings. The molecule has 0 bridgehead atoms. The van der Waals surface area contributed by atoms with Crippen molar-refractivity contribution < 1.29 is 4.43 Å². The predicted octanol–water partition coefficient (Wildman–Crippen LogP) is 0.904. The molecule has 0 aliphatic heterocycles. The molecule has 0 atom stereocenters. The zero-order valence-corrected chi connectivity index (χ0v) is 10.3. The van der Waals surface area contributed by atoms with E-state index in [1.54, 1.807) is 0 Å².